The Morgan fingerprint density at radius 2 is 2.15 bits per heavy atom. The van der Waals surface area contributed by atoms with Crippen LogP contribution < -0.4 is 10.6 Å². The van der Waals surface area contributed by atoms with Crippen LogP contribution in [0.2, 0.25) is 0 Å². The summed E-state index contributed by atoms with van der Waals surface area (Å²) in [5.41, 5.74) is 1.87. The lowest BCUT2D eigenvalue weighted by Gasteiger charge is -2.24. The fourth-order valence-electron chi connectivity index (χ4n) is 4.46. The number of likely N-dealkylation sites (tertiary alicyclic amines) is 1. The minimum atomic E-state index is -0.703. The molecule has 1 aromatic heterocycles. The summed E-state index contributed by atoms with van der Waals surface area (Å²) in [7, 11) is 0. The van der Waals surface area contributed by atoms with Crippen molar-refractivity contribution in [2.45, 2.75) is 77.9 Å². The first kappa shape index (κ1) is 25.3. The Kier molecular flexibility index (Phi) is 8.95. The van der Waals surface area contributed by atoms with E-state index in [0.717, 1.165) is 63.4 Å². The van der Waals surface area contributed by atoms with Crippen LogP contribution in [0.15, 0.2) is 12.1 Å². The van der Waals surface area contributed by atoms with Crippen molar-refractivity contribution in [1.29, 1.82) is 0 Å². The third-order valence-corrected chi connectivity index (χ3v) is 6.13. The van der Waals surface area contributed by atoms with Crippen LogP contribution in [0.25, 0.3) is 0 Å². The maximum absolute atomic E-state index is 12.4. The topological polar surface area (TPSA) is 92.8 Å². The SMILES string of the molecule is CCOC(=O)[C@H](CCN1CC[C@@H](CCc2ccc3c(n2)NCCC3)C1)NC(=O)OC(C)(C)C. The van der Waals surface area contributed by atoms with Gasteiger partial charge in [-0.2, -0.15) is 0 Å². The molecule has 1 amide bonds. The summed E-state index contributed by atoms with van der Waals surface area (Å²) in [5.74, 6) is 1.27. The van der Waals surface area contributed by atoms with E-state index in [9.17, 15) is 9.59 Å². The van der Waals surface area contributed by atoms with Crippen molar-refractivity contribution >= 4 is 17.9 Å². The first-order valence-corrected chi connectivity index (χ1v) is 12.3. The number of pyridine rings is 1. The number of fused-ring (bicyclic) bond motifs is 1. The third kappa shape index (κ3) is 8.18. The monoisotopic (exact) mass is 460 g/mol. The zero-order valence-corrected chi connectivity index (χ0v) is 20.6. The van der Waals surface area contributed by atoms with Gasteiger partial charge in [0, 0.05) is 25.3 Å². The van der Waals surface area contributed by atoms with E-state index < -0.39 is 23.7 Å². The molecule has 3 rings (SSSR count). The summed E-state index contributed by atoms with van der Waals surface area (Å²) in [6.07, 6.45) is 5.44. The van der Waals surface area contributed by atoms with E-state index >= 15 is 0 Å². The Morgan fingerprint density at radius 1 is 1.33 bits per heavy atom. The van der Waals surface area contributed by atoms with Gasteiger partial charge in [0.25, 0.3) is 0 Å². The number of anilines is 1. The molecule has 0 spiro atoms. The number of nitrogens with one attached hydrogen (secondary N) is 2. The largest absolute Gasteiger partial charge is 0.464 e. The number of aryl methyl sites for hydroxylation is 2. The smallest absolute Gasteiger partial charge is 0.408 e. The van der Waals surface area contributed by atoms with Gasteiger partial charge in [-0.05, 0) is 90.3 Å². The number of aromatic nitrogens is 1. The van der Waals surface area contributed by atoms with Crippen molar-refractivity contribution in [2.75, 3.05) is 38.1 Å². The number of rotatable bonds is 9. The molecule has 2 aliphatic heterocycles. The fourth-order valence-corrected chi connectivity index (χ4v) is 4.46. The molecule has 1 saturated heterocycles. The molecule has 8 nitrogen and oxygen atoms in total. The molecule has 8 heteroatoms. The van der Waals surface area contributed by atoms with Gasteiger partial charge in [0.1, 0.15) is 17.5 Å². The highest BCUT2D eigenvalue weighted by atomic mass is 16.6. The predicted octanol–water partition coefficient (Wildman–Crippen LogP) is 3.54. The minimum Gasteiger partial charge on any atom is -0.464 e. The lowest BCUT2D eigenvalue weighted by molar-refractivity contribution is -0.145. The average Bonchev–Trinajstić information content (AvgIpc) is 3.21. The van der Waals surface area contributed by atoms with Crippen LogP contribution >= 0.6 is 0 Å². The molecule has 2 atom stereocenters. The van der Waals surface area contributed by atoms with Crippen LogP contribution in [0.1, 0.15) is 64.6 Å². The summed E-state index contributed by atoms with van der Waals surface area (Å²) in [6.45, 7) is 11.2. The van der Waals surface area contributed by atoms with Crippen molar-refractivity contribution in [3.05, 3.63) is 23.4 Å². The predicted molar refractivity (Wildman–Crippen MR) is 128 cm³/mol. The quantitative estimate of drug-likeness (QED) is 0.545. The summed E-state index contributed by atoms with van der Waals surface area (Å²) in [6, 6.07) is 3.69. The number of amides is 1. The molecule has 2 aliphatic rings. The zero-order valence-electron chi connectivity index (χ0n) is 20.6. The van der Waals surface area contributed by atoms with Gasteiger partial charge in [-0.25, -0.2) is 14.6 Å². The van der Waals surface area contributed by atoms with Gasteiger partial charge in [-0.1, -0.05) is 6.07 Å². The van der Waals surface area contributed by atoms with E-state index in [1.54, 1.807) is 27.7 Å². The first-order valence-electron chi connectivity index (χ1n) is 12.3. The molecular formula is C25H40N4O4. The van der Waals surface area contributed by atoms with Gasteiger partial charge in [-0.15, -0.1) is 0 Å². The normalized spacial score (nSPS) is 19.3. The molecule has 33 heavy (non-hydrogen) atoms. The Morgan fingerprint density at radius 3 is 2.91 bits per heavy atom. The number of esters is 1. The Hall–Kier alpha value is -2.35. The Bertz CT molecular complexity index is 808. The minimum absolute atomic E-state index is 0.281. The summed E-state index contributed by atoms with van der Waals surface area (Å²) < 4.78 is 10.5. The van der Waals surface area contributed by atoms with Crippen molar-refractivity contribution in [1.82, 2.24) is 15.2 Å². The van der Waals surface area contributed by atoms with Gasteiger partial charge in [0.15, 0.2) is 0 Å². The van der Waals surface area contributed by atoms with Crippen LogP contribution in [0.4, 0.5) is 10.6 Å². The van der Waals surface area contributed by atoms with E-state index in [2.05, 4.69) is 27.7 Å². The third-order valence-electron chi connectivity index (χ3n) is 6.13. The molecule has 1 fully saturated rings. The first-order chi connectivity index (χ1) is 15.7. The molecule has 1 aromatic rings. The Balaban J connectivity index is 1.44. The molecule has 0 unspecified atom stereocenters. The molecule has 0 aromatic carbocycles. The van der Waals surface area contributed by atoms with Gasteiger partial charge in [0.2, 0.25) is 0 Å². The second-order valence-electron chi connectivity index (χ2n) is 10.1. The van der Waals surface area contributed by atoms with E-state index in [4.69, 9.17) is 14.5 Å². The van der Waals surface area contributed by atoms with Crippen LogP contribution in [0, 0.1) is 5.92 Å². The number of carbonyl (C=O) groups is 2. The average molecular weight is 461 g/mol. The summed E-state index contributed by atoms with van der Waals surface area (Å²) in [4.78, 5) is 31.7. The molecule has 2 N–H and O–H groups in total. The van der Waals surface area contributed by atoms with Crippen molar-refractivity contribution < 1.29 is 19.1 Å². The van der Waals surface area contributed by atoms with Crippen LogP contribution in [-0.2, 0) is 27.1 Å². The fraction of sp³-hybridized carbons (Fsp3) is 0.720. The lowest BCUT2D eigenvalue weighted by Crippen LogP contribution is -2.45. The lowest BCUT2D eigenvalue weighted by atomic mass is 10.00. The standard InChI is InChI=1S/C25H40N4O4/c1-5-32-23(30)21(28-24(31)33-25(2,3)4)13-16-29-15-12-18(17-29)8-10-20-11-9-19-7-6-14-26-22(19)27-20/h9,11,18,21H,5-8,10,12-17H2,1-4H3,(H,26,27)(H,28,31)/t18-,21+/m1/s1. The van der Waals surface area contributed by atoms with Crippen LogP contribution in [0.5, 0.6) is 0 Å². The number of alkyl carbamates (subject to hydrolysis) is 1. The molecule has 0 aliphatic carbocycles. The molecular weight excluding hydrogens is 420 g/mol. The van der Waals surface area contributed by atoms with Gasteiger partial charge < -0.3 is 25.0 Å². The van der Waals surface area contributed by atoms with E-state index in [1.165, 1.54) is 12.0 Å². The summed E-state index contributed by atoms with van der Waals surface area (Å²) in [5, 5.41) is 6.10. The number of carbonyl (C=O) groups excluding carboxylic acids is 2. The van der Waals surface area contributed by atoms with Crippen molar-refractivity contribution in [3.63, 3.8) is 0 Å². The van der Waals surface area contributed by atoms with E-state index in [-0.39, 0.29) is 6.61 Å². The van der Waals surface area contributed by atoms with Crippen LogP contribution in [-0.4, -0.2) is 66.4 Å². The maximum Gasteiger partial charge on any atom is 0.408 e. The highest BCUT2D eigenvalue weighted by molar-refractivity contribution is 5.81. The van der Waals surface area contributed by atoms with Crippen molar-refractivity contribution in [3.8, 4) is 0 Å². The van der Waals surface area contributed by atoms with Gasteiger partial charge in [-0.3, -0.25) is 0 Å². The second kappa shape index (κ2) is 11.7. The second-order valence-corrected chi connectivity index (χ2v) is 10.1. The van der Waals surface area contributed by atoms with E-state index in [0.29, 0.717) is 12.3 Å². The molecule has 3 heterocycles. The molecule has 0 bridgehead atoms. The van der Waals surface area contributed by atoms with Crippen molar-refractivity contribution in [2.24, 2.45) is 5.92 Å². The highest BCUT2D eigenvalue weighted by Crippen LogP contribution is 2.24. The van der Waals surface area contributed by atoms with Gasteiger partial charge >= 0.3 is 12.1 Å². The Labute approximate surface area is 197 Å². The number of nitrogens with zero attached hydrogens (tertiary/aromatic N) is 2. The van der Waals surface area contributed by atoms with Crippen LogP contribution in [0.3, 0.4) is 0 Å². The molecule has 0 saturated carbocycles. The number of hydrogen-bond donors (Lipinski definition) is 2. The maximum atomic E-state index is 12.4. The molecule has 0 radical (unpaired) electrons. The van der Waals surface area contributed by atoms with Gasteiger partial charge in [0.05, 0.1) is 6.61 Å². The number of hydrogen-bond acceptors (Lipinski definition) is 7. The highest BCUT2D eigenvalue weighted by Gasteiger charge is 2.28. The number of ether oxygens (including phenoxy) is 2. The van der Waals surface area contributed by atoms with E-state index in [1.807, 2.05) is 0 Å². The summed E-state index contributed by atoms with van der Waals surface area (Å²) >= 11 is 0. The zero-order chi connectivity index (χ0) is 23.8. The molecule has 184 valence electrons.